The first-order chi connectivity index (χ1) is 9.93. The van der Waals surface area contributed by atoms with E-state index in [9.17, 15) is 0 Å². The summed E-state index contributed by atoms with van der Waals surface area (Å²) in [4.78, 5) is 0. The molecule has 2 aliphatic heterocycles. The van der Waals surface area contributed by atoms with Crippen molar-refractivity contribution < 1.29 is 4.74 Å². The van der Waals surface area contributed by atoms with Crippen LogP contribution in [0.25, 0.3) is 0 Å². The smallest absolute Gasteiger partial charge is 0.122 e. The van der Waals surface area contributed by atoms with Gasteiger partial charge in [-0.05, 0) is 49.0 Å². The summed E-state index contributed by atoms with van der Waals surface area (Å²) >= 11 is 0. The van der Waals surface area contributed by atoms with Gasteiger partial charge in [-0.3, -0.25) is 0 Å². The van der Waals surface area contributed by atoms with Crippen molar-refractivity contribution in [3.8, 4) is 5.75 Å². The molecule has 0 unspecified atom stereocenters. The Hall–Kier alpha value is -1.96. The van der Waals surface area contributed by atoms with E-state index < -0.39 is 0 Å². The zero-order chi connectivity index (χ0) is 13.6. The summed E-state index contributed by atoms with van der Waals surface area (Å²) in [7, 11) is 0. The van der Waals surface area contributed by atoms with Gasteiger partial charge >= 0.3 is 0 Å². The van der Waals surface area contributed by atoms with Gasteiger partial charge in [-0.15, -0.1) is 0 Å². The van der Waals surface area contributed by atoms with Crippen molar-refractivity contribution in [2.75, 3.05) is 13.2 Å². The molecule has 3 aliphatic rings. The van der Waals surface area contributed by atoms with E-state index in [1.165, 1.54) is 36.1 Å². The Morgan fingerprint density at radius 1 is 1.10 bits per heavy atom. The molecule has 2 heterocycles. The predicted molar refractivity (Wildman–Crippen MR) is 82.8 cm³/mol. The number of benzene rings is 1. The minimum Gasteiger partial charge on any atom is -0.493 e. The molecule has 2 nitrogen and oxygen atoms in total. The Labute approximate surface area is 120 Å². The predicted octanol–water partition coefficient (Wildman–Crippen LogP) is 3.76. The van der Waals surface area contributed by atoms with Gasteiger partial charge in [0.25, 0.3) is 0 Å². The molecule has 0 radical (unpaired) electrons. The lowest BCUT2D eigenvalue weighted by molar-refractivity contribution is 0.317. The second-order valence-corrected chi connectivity index (χ2v) is 5.23. The number of rotatable bonds is 0. The van der Waals surface area contributed by atoms with Crippen molar-refractivity contribution in [1.29, 1.82) is 0 Å². The number of hydrogen-bond donors (Lipinski definition) is 1. The zero-order valence-electron chi connectivity index (χ0n) is 11.8. The molecule has 0 atom stereocenters. The number of ether oxygens (including phenoxy) is 1. The Kier molecular flexibility index (Phi) is 4.22. The molecule has 2 heteroatoms. The summed E-state index contributed by atoms with van der Waals surface area (Å²) in [5.74, 6) is 1.09. The summed E-state index contributed by atoms with van der Waals surface area (Å²) in [6.07, 6.45) is 13.4. The topological polar surface area (TPSA) is 21.3 Å². The van der Waals surface area contributed by atoms with Gasteiger partial charge in [0.2, 0.25) is 0 Å². The summed E-state index contributed by atoms with van der Waals surface area (Å²) in [5.41, 5.74) is 4.02. The van der Waals surface area contributed by atoms with Gasteiger partial charge < -0.3 is 10.1 Å². The molecule has 0 spiro atoms. The Bertz CT molecular complexity index is 529. The molecule has 0 amide bonds. The average molecular weight is 267 g/mol. The summed E-state index contributed by atoms with van der Waals surface area (Å²) in [6, 6.07) is 8.32. The summed E-state index contributed by atoms with van der Waals surface area (Å²) in [6.45, 7) is 1.98. The fourth-order valence-corrected chi connectivity index (χ4v) is 2.66. The zero-order valence-corrected chi connectivity index (χ0v) is 11.8. The average Bonchev–Trinajstić information content (AvgIpc) is 2.85. The maximum Gasteiger partial charge on any atom is 0.122 e. The molecule has 4 rings (SSSR count). The monoisotopic (exact) mass is 267 g/mol. The number of nitrogens with one attached hydrogen (secondary N) is 1. The maximum absolute atomic E-state index is 5.55. The van der Waals surface area contributed by atoms with E-state index in [4.69, 9.17) is 4.74 Å². The van der Waals surface area contributed by atoms with E-state index in [1.807, 2.05) is 6.07 Å². The molecule has 1 aromatic rings. The van der Waals surface area contributed by atoms with Crippen molar-refractivity contribution in [2.45, 2.75) is 25.7 Å². The van der Waals surface area contributed by atoms with Crippen LogP contribution in [0.4, 0.5) is 0 Å². The number of allylic oxidation sites excluding steroid dienone is 3. The van der Waals surface area contributed by atoms with Gasteiger partial charge in [0.05, 0.1) is 6.61 Å². The highest BCUT2D eigenvalue weighted by atomic mass is 16.5. The van der Waals surface area contributed by atoms with Gasteiger partial charge in [-0.2, -0.15) is 0 Å². The molecule has 1 N–H and O–H groups in total. The third-order valence-corrected chi connectivity index (χ3v) is 3.74. The molecule has 1 aromatic carbocycles. The lowest BCUT2D eigenvalue weighted by atomic mass is 10.1. The molecular formula is C18H21NO. The van der Waals surface area contributed by atoms with Gasteiger partial charge in [0.1, 0.15) is 5.75 Å². The number of aryl methyl sites for hydroxylation is 1. The third kappa shape index (κ3) is 3.13. The second kappa shape index (κ2) is 6.47. The van der Waals surface area contributed by atoms with Crippen LogP contribution in [0.15, 0.2) is 59.8 Å². The molecule has 0 fully saturated rings. The molecule has 20 heavy (non-hydrogen) atoms. The van der Waals surface area contributed by atoms with Crippen LogP contribution < -0.4 is 10.1 Å². The normalized spacial score (nSPS) is 19.0. The molecule has 0 saturated heterocycles. The number of hydrogen-bond acceptors (Lipinski definition) is 2. The number of para-hydroxylation sites is 1. The van der Waals surface area contributed by atoms with E-state index >= 15 is 0 Å². The van der Waals surface area contributed by atoms with Crippen LogP contribution in [0.3, 0.4) is 0 Å². The Morgan fingerprint density at radius 2 is 2.05 bits per heavy atom. The third-order valence-electron chi connectivity index (χ3n) is 3.74. The summed E-state index contributed by atoms with van der Waals surface area (Å²) < 4.78 is 5.55. The lowest BCUT2D eigenvalue weighted by Crippen LogP contribution is -2.17. The number of fused-ring (bicyclic) bond motifs is 2. The molecule has 0 saturated carbocycles. The van der Waals surface area contributed by atoms with Crippen LogP contribution in [-0.2, 0) is 6.42 Å². The van der Waals surface area contributed by atoms with Crippen LogP contribution in [0.2, 0.25) is 0 Å². The van der Waals surface area contributed by atoms with Crippen molar-refractivity contribution in [2.24, 2.45) is 0 Å². The van der Waals surface area contributed by atoms with Gasteiger partial charge in [-0.25, -0.2) is 0 Å². The fraction of sp³-hybridized carbons (Fsp3) is 0.333. The standard InChI is InChI=1S/C10H12O.C8H9N/c1-2-7-10-9(5-1)6-3-4-8-11-10;1-3-7-4-2-6-9-8(7)5-1/h1-2,5,7H,3-4,6,8H2;1,3-5,9H,2,6H2. The van der Waals surface area contributed by atoms with Gasteiger partial charge in [0.15, 0.2) is 0 Å². The van der Waals surface area contributed by atoms with Gasteiger partial charge in [-0.1, -0.05) is 36.4 Å². The van der Waals surface area contributed by atoms with E-state index in [1.54, 1.807) is 0 Å². The van der Waals surface area contributed by atoms with Crippen LogP contribution in [0.5, 0.6) is 5.75 Å². The first-order valence-corrected chi connectivity index (χ1v) is 7.47. The molecule has 104 valence electrons. The van der Waals surface area contributed by atoms with Gasteiger partial charge in [0, 0.05) is 12.2 Å². The first-order valence-electron chi connectivity index (χ1n) is 7.47. The van der Waals surface area contributed by atoms with Crippen LogP contribution in [-0.4, -0.2) is 13.2 Å². The molecule has 1 aliphatic carbocycles. The minimum atomic E-state index is 0.886. The van der Waals surface area contributed by atoms with Crippen molar-refractivity contribution in [1.82, 2.24) is 5.32 Å². The van der Waals surface area contributed by atoms with Crippen LogP contribution >= 0.6 is 0 Å². The fourth-order valence-electron chi connectivity index (χ4n) is 2.66. The molecular weight excluding hydrogens is 246 g/mol. The summed E-state index contributed by atoms with van der Waals surface area (Å²) in [5, 5.41) is 3.31. The van der Waals surface area contributed by atoms with Crippen LogP contribution in [0, 0.1) is 0 Å². The minimum absolute atomic E-state index is 0.886. The van der Waals surface area contributed by atoms with E-state index in [0.29, 0.717) is 0 Å². The molecule has 0 bridgehead atoms. The van der Waals surface area contributed by atoms with E-state index in [2.05, 4.69) is 47.8 Å². The van der Waals surface area contributed by atoms with Crippen molar-refractivity contribution in [3.05, 3.63) is 65.4 Å². The van der Waals surface area contributed by atoms with Crippen molar-refractivity contribution >= 4 is 0 Å². The Balaban J connectivity index is 0.000000123. The highest BCUT2D eigenvalue weighted by molar-refractivity contribution is 5.48. The van der Waals surface area contributed by atoms with Crippen LogP contribution in [0.1, 0.15) is 24.8 Å². The van der Waals surface area contributed by atoms with E-state index in [0.717, 1.165) is 25.3 Å². The highest BCUT2D eigenvalue weighted by Gasteiger charge is 2.08. The first kappa shape index (κ1) is 13.0. The van der Waals surface area contributed by atoms with Crippen molar-refractivity contribution in [3.63, 3.8) is 0 Å². The highest BCUT2D eigenvalue weighted by Crippen LogP contribution is 2.22. The maximum atomic E-state index is 5.55. The largest absolute Gasteiger partial charge is 0.493 e. The quantitative estimate of drug-likeness (QED) is 0.772. The molecule has 0 aromatic heterocycles. The Morgan fingerprint density at radius 3 is 3.00 bits per heavy atom. The SMILES string of the molecule is C1=CC2=CCCNC2=C1.c1ccc2c(c1)CCCCO2. The second-order valence-electron chi connectivity index (χ2n) is 5.23. The lowest BCUT2D eigenvalue weighted by Gasteiger charge is -2.12. The van der Waals surface area contributed by atoms with E-state index in [-0.39, 0.29) is 0 Å².